The summed E-state index contributed by atoms with van der Waals surface area (Å²) in [5, 5.41) is 0. The van der Waals surface area contributed by atoms with E-state index in [-0.39, 0.29) is 0 Å². The first-order valence-corrected chi connectivity index (χ1v) is 5.86. The molecule has 1 aliphatic rings. The van der Waals surface area contributed by atoms with Crippen LogP contribution in [0.2, 0.25) is 0 Å². The lowest BCUT2D eigenvalue weighted by atomic mass is 10.2. The van der Waals surface area contributed by atoms with Gasteiger partial charge in [-0.05, 0) is 31.0 Å². The Labute approximate surface area is 102 Å². The minimum atomic E-state index is -4.31. The van der Waals surface area contributed by atoms with E-state index in [2.05, 4.69) is 14.9 Å². The standard InChI is InChI=1S/C12H12F3N3/c13-12(14,15)8-3-4-9-10(7-8)17-11(16-9)18-5-1-2-6-18/h3-4,7H,1-2,5-6H2,(H,16,17). The molecular formula is C12H12F3N3. The Bertz CT molecular complexity index is 567. The van der Waals surface area contributed by atoms with Gasteiger partial charge in [-0.25, -0.2) is 4.98 Å². The molecule has 18 heavy (non-hydrogen) atoms. The highest BCUT2D eigenvalue weighted by atomic mass is 19.4. The molecule has 1 fully saturated rings. The molecule has 2 aromatic rings. The Morgan fingerprint density at radius 2 is 1.89 bits per heavy atom. The van der Waals surface area contributed by atoms with Crippen LogP contribution in [0.5, 0.6) is 0 Å². The normalized spacial score (nSPS) is 16.7. The van der Waals surface area contributed by atoms with Gasteiger partial charge in [0.05, 0.1) is 16.6 Å². The number of halogens is 3. The molecule has 0 spiro atoms. The minimum absolute atomic E-state index is 0.437. The highest BCUT2D eigenvalue weighted by Crippen LogP contribution is 2.31. The average Bonchev–Trinajstić information content (AvgIpc) is 2.95. The molecular weight excluding hydrogens is 243 g/mol. The quantitative estimate of drug-likeness (QED) is 0.848. The summed E-state index contributed by atoms with van der Waals surface area (Å²) >= 11 is 0. The number of hydrogen-bond acceptors (Lipinski definition) is 2. The molecule has 96 valence electrons. The number of H-pyrrole nitrogens is 1. The Morgan fingerprint density at radius 3 is 2.56 bits per heavy atom. The van der Waals surface area contributed by atoms with Crippen LogP contribution < -0.4 is 4.90 Å². The highest BCUT2D eigenvalue weighted by molar-refractivity contribution is 5.78. The molecule has 3 rings (SSSR count). The number of imidazole rings is 1. The number of anilines is 1. The highest BCUT2D eigenvalue weighted by Gasteiger charge is 2.30. The summed E-state index contributed by atoms with van der Waals surface area (Å²) in [7, 11) is 0. The molecule has 1 N–H and O–H groups in total. The Balaban J connectivity index is 2.01. The van der Waals surface area contributed by atoms with Crippen molar-refractivity contribution < 1.29 is 13.2 Å². The second kappa shape index (κ2) is 3.90. The van der Waals surface area contributed by atoms with E-state index in [1.54, 1.807) is 0 Å². The van der Waals surface area contributed by atoms with E-state index in [1.807, 2.05) is 0 Å². The number of rotatable bonds is 1. The number of fused-ring (bicyclic) bond motifs is 1. The maximum Gasteiger partial charge on any atom is 0.416 e. The molecule has 1 aromatic carbocycles. The SMILES string of the molecule is FC(F)(F)c1ccc2nc(N3CCCC3)[nH]c2c1. The van der Waals surface area contributed by atoms with Gasteiger partial charge in [-0.15, -0.1) is 0 Å². The Kier molecular flexibility index (Phi) is 2.46. The zero-order valence-electron chi connectivity index (χ0n) is 9.59. The molecule has 0 bridgehead atoms. The van der Waals surface area contributed by atoms with Crippen molar-refractivity contribution in [3.63, 3.8) is 0 Å². The number of aromatic amines is 1. The number of aromatic nitrogens is 2. The molecule has 0 atom stereocenters. The van der Waals surface area contributed by atoms with Crippen LogP contribution in [-0.2, 0) is 6.18 Å². The summed E-state index contributed by atoms with van der Waals surface area (Å²) in [5.74, 6) is 0.668. The van der Waals surface area contributed by atoms with Gasteiger partial charge >= 0.3 is 6.18 Å². The molecule has 0 radical (unpaired) electrons. The van der Waals surface area contributed by atoms with Crippen LogP contribution in [0.1, 0.15) is 18.4 Å². The van der Waals surface area contributed by atoms with E-state index >= 15 is 0 Å². The van der Waals surface area contributed by atoms with Crippen molar-refractivity contribution in [2.45, 2.75) is 19.0 Å². The van der Waals surface area contributed by atoms with Gasteiger partial charge in [-0.2, -0.15) is 13.2 Å². The van der Waals surface area contributed by atoms with E-state index in [0.29, 0.717) is 17.0 Å². The van der Waals surface area contributed by atoms with E-state index in [1.165, 1.54) is 6.07 Å². The van der Waals surface area contributed by atoms with Gasteiger partial charge in [-0.1, -0.05) is 0 Å². The van der Waals surface area contributed by atoms with Crippen LogP contribution in [0.3, 0.4) is 0 Å². The van der Waals surface area contributed by atoms with Crippen LogP contribution in [0, 0.1) is 0 Å². The molecule has 0 aliphatic carbocycles. The lowest BCUT2D eigenvalue weighted by molar-refractivity contribution is -0.137. The number of nitrogens with one attached hydrogen (secondary N) is 1. The topological polar surface area (TPSA) is 31.9 Å². The second-order valence-electron chi connectivity index (χ2n) is 4.48. The number of benzene rings is 1. The molecule has 0 unspecified atom stereocenters. The molecule has 1 aliphatic heterocycles. The number of hydrogen-bond donors (Lipinski definition) is 1. The smallest absolute Gasteiger partial charge is 0.342 e. The largest absolute Gasteiger partial charge is 0.416 e. The zero-order valence-corrected chi connectivity index (χ0v) is 9.59. The third-order valence-corrected chi connectivity index (χ3v) is 3.20. The van der Waals surface area contributed by atoms with Crippen LogP contribution in [0.25, 0.3) is 11.0 Å². The van der Waals surface area contributed by atoms with Crippen LogP contribution in [0.4, 0.5) is 19.1 Å². The zero-order chi connectivity index (χ0) is 12.8. The fourth-order valence-corrected chi connectivity index (χ4v) is 2.25. The lowest BCUT2D eigenvalue weighted by Crippen LogP contribution is -2.18. The van der Waals surface area contributed by atoms with Crippen molar-refractivity contribution in [2.75, 3.05) is 18.0 Å². The Morgan fingerprint density at radius 1 is 1.17 bits per heavy atom. The summed E-state index contributed by atoms with van der Waals surface area (Å²) in [6, 6.07) is 3.59. The van der Waals surface area contributed by atoms with Gasteiger partial charge in [0.25, 0.3) is 0 Å². The van der Waals surface area contributed by atoms with Gasteiger partial charge in [0.2, 0.25) is 5.95 Å². The van der Waals surface area contributed by atoms with Crippen LogP contribution in [-0.4, -0.2) is 23.1 Å². The van der Waals surface area contributed by atoms with Crippen molar-refractivity contribution in [1.82, 2.24) is 9.97 Å². The molecule has 1 saturated heterocycles. The predicted octanol–water partition coefficient (Wildman–Crippen LogP) is 3.18. The summed E-state index contributed by atoms with van der Waals surface area (Å²) in [5.41, 5.74) is 0.364. The molecule has 0 saturated carbocycles. The monoisotopic (exact) mass is 255 g/mol. The maximum absolute atomic E-state index is 12.6. The van der Waals surface area contributed by atoms with Crippen molar-refractivity contribution in [2.24, 2.45) is 0 Å². The molecule has 0 amide bonds. The minimum Gasteiger partial charge on any atom is -0.342 e. The first kappa shape index (κ1) is 11.4. The summed E-state index contributed by atoms with van der Waals surface area (Å²) < 4.78 is 37.7. The number of alkyl halides is 3. The fraction of sp³-hybridized carbons (Fsp3) is 0.417. The van der Waals surface area contributed by atoms with Gasteiger partial charge < -0.3 is 9.88 Å². The van der Waals surface area contributed by atoms with Crippen molar-refractivity contribution in [3.8, 4) is 0 Å². The van der Waals surface area contributed by atoms with Crippen molar-refractivity contribution in [3.05, 3.63) is 23.8 Å². The van der Waals surface area contributed by atoms with E-state index in [4.69, 9.17) is 0 Å². The van der Waals surface area contributed by atoms with Gasteiger partial charge in [0.1, 0.15) is 0 Å². The molecule has 3 nitrogen and oxygen atoms in total. The predicted molar refractivity (Wildman–Crippen MR) is 62.5 cm³/mol. The molecule has 1 aromatic heterocycles. The van der Waals surface area contributed by atoms with Crippen molar-refractivity contribution in [1.29, 1.82) is 0 Å². The van der Waals surface area contributed by atoms with Gasteiger partial charge in [0.15, 0.2) is 0 Å². The third-order valence-electron chi connectivity index (χ3n) is 3.20. The van der Waals surface area contributed by atoms with Gasteiger partial charge in [0, 0.05) is 13.1 Å². The van der Waals surface area contributed by atoms with E-state index < -0.39 is 11.7 Å². The number of nitrogens with zero attached hydrogens (tertiary/aromatic N) is 2. The van der Waals surface area contributed by atoms with E-state index in [9.17, 15) is 13.2 Å². The van der Waals surface area contributed by atoms with Gasteiger partial charge in [-0.3, -0.25) is 0 Å². The lowest BCUT2D eigenvalue weighted by Gasteiger charge is -2.12. The summed E-state index contributed by atoms with van der Waals surface area (Å²) in [6.07, 6.45) is -2.11. The van der Waals surface area contributed by atoms with E-state index in [0.717, 1.165) is 38.1 Å². The summed E-state index contributed by atoms with van der Waals surface area (Å²) in [6.45, 7) is 1.82. The second-order valence-corrected chi connectivity index (χ2v) is 4.48. The fourth-order valence-electron chi connectivity index (χ4n) is 2.25. The van der Waals surface area contributed by atoms with Crippen LogP contribution in [0.15, 0.2) is 18.2 Å². The average molecular weight is 255 g/mol. The molecule has 2 heterocycles. The Hall–Kier alpha value is -1.72. The third kappa shape index (κ3) is 1.91. The summed E-state index contributed by atoms with van der Waals surface area (Å²) in [4.78, 5) is 9.35. The maximum atomic E-state index is 12.6. The first-order valence-electron chi connectivity index (χ1n) is 5.86. The first-order chi connectivity index (χ1) is 8.54. The van der Waals surface area contributed by atoms with Crippen LogP contribution >= 0.6 is 0 Å². The van der Waals surface area contributed by atoms with Crippen molar-refractivity contribution >= 4 is 17.0 Å². The molecule has 6 heteroatoms.